The molecule has 61 heavy (non-hydrogen) atoms. The Kier molecular flexibility index (Phi) is 7.34. The summed E-state index contributed by atoms with van der Waals surface area (Å²) in [6.45, 7) is 0. The van der Waals surface area contributed by atoms with Crippen molar-refractivity contribution in [2.75, 3.05) is 0 Å². The average Bonchev–Trinajstić information content (AvgIpc) is 3.68. The van der Waals surface area contributed by atoms with Crippen molar-refractivity contribution in [1.82, 2.24) is 9.55 Å². The number of fused-ring (bicyclic) bond motifs is 11. The Bertz CT molecular complexity index is 3840. The molecule has 0 spiro atoms. The van der Waals surface area contributed by atoms with Crippen LogP contribution in [0.1, 0.15) is 0 Å². The van der Waals surface area contributed by atoms with Crippen LogP contribution in [0.2, 0.25) is 0 Å². The van der Waals surface area contributed by atoms with Crippen molar-refractivity contribution < 1.29 is 0 Å². The highest BCUT2D eigenvalue weighted by atomic mass is 15.0. The number of nitrogens with zero attached hydrogens (tertiary/aromatic N) is 2. The van der Waals surface area contributed by atoms with Crippen molar-refractivity contribution in [2.45, 2.75) is 0 Å². The van der Waals surface area contributed by atoms with Crippen LogP contribution in [0.3, 0.4) is 0 Å². The molecule has 13 rings (SSSR count). The average molecular weight is 773 g/mol. The highest BCUT2D eigenvalue weighted by molar-refractivity contribution is 6.29. The Morgan fingerprint density at radius 3 is 1.59 bits per heavy atom. The van der Waals surface area contributed by atoms with Crippen molar-refractivity contribution >= 4 is 86.6 Å². The van der Waals surface area contributed by atoms with Gasteiger partial charge >= 0.3 is 0 Å². The normalized spacial score (nSPS) is 11.9. The molecule has 0 aliphatic rings. The summed E-state index contributed by atoms with van der Waals surface area (Å²) in [4.78, 5) is 4.60. The second-order valence-electron chi connectivity index (χ2n) is 16.2. The Hall–Kier alpha value is -8.07. The van der Waals surface area contributed by atoms with Gasteiger partial charge in [0.2, 0.25) is 0 Å². The molecule has 2 aromatic heterocycles. The molecule has 0 saturated carbocycles. The Morgan fingerprint density at radius 2 is 0.869 bits per heavy atom. The number of hydrogen-bond acceptors (Lipinski definition) is 1. The van der Waals surface area contributed by atoms with Gasteiger partial charge in [0.05, 0.1) is 22.2 Å². The maximum absolute atomic E-state index is 4.60. The number of rotatable bonds is 4. The minimum atomic E-state index is 1.00. The van der Waals surface area contributed by atoms with Crippen molar-refractivity contribution in [3.8, 4) is 39.1 Å². The number of hydrogen-bond donors (Lipinski definition) is 0. The molecular formula is C59H36N2. The molecule has 0 bridgehead atoms. The molecule has 0 atom stereocenters. The van der Waals surface area contributed by atoms with E-state index in [2.05, 4.69) is 216 Å². The summed E-state index contributed by atoms with van der Waals surface area (Å²) in [5.41, 5.74) is 11.9. The summed E-state index contributed by atoms with van der Waals surface area (Å²) in [5, 5.41) is 16.2. The van der Waals surface area contributed by atoms with E-state index < -0.39 is 0 Å². The van der Waals surface area contributed by atoms with Gasteiger partial charge in [-0.1, -0.05) is 170 Å². The zero-order chi connectivity index (χ0) is 40.0. The SMILES string of the molecule is c1ccc(-c2c3ccccc3c(-c3ccc(-n4c5ccc6ccccc6c5c5c6ccccc6ccc54)c4ccccc34)c3ccc(-c4ccc5ncccc5c4)cc23)cc1. The Balaban J connectivity index is 1.12. The zero-order valence-corrected chi connectivity index (χ0v) is 33.2. The van der Waals surface area contributed by atoms with E-state index in [0.717, 1.165) is 10.9 Å². The van der Waals surface area contributed by atoms with Crippen LogP contribution in [-0.4, -0.2) is 9.55 Å². The van der Waals surface area contributed by atoms with Crippen LogP contribution in [0.4, 0.5) is 0 Å². The third-order valence-electron chi connectivity index (χ3n) is 13.0. The molecule has 0 unspecified atom stereocenters. The smallest absolute Gasteiger partial charge is 0.0702 e. The van der Waals surface area contributed by atoms with Gasteiger partial charge in [-0.15, -0.1) is 0 Å². The van der Waals surface area contributed by atoms with Gasteiger partial charge in [0.1, 0.15) is 0 Å². The summed E-state index contributed by atoms with van der Waals surface area (Å²) in [6.07, 6.45) is 1.86. The van der Waals surface area contributed by atoms with E-state index in [-0.39, 0.29) is 0 Å². The standard InChI is InChI=1S/C59H36N2/c1-2-15-39(16-3-1)56-47-22-10-11-23-48(47)57(50-28-24-41(36-51(50)56)40-25-30-52-42(35-40)17-12-34-60-52)49-29-33-53(46-21-9-8-20-45(46)49)61-54-31-26-37-13-4-6-18-43(37)58(54)59-44-19-7-5-14-38(44)27-32-55(59)61/h1-36H. The van der Waals surface area contributed by atoms with E-state index in [1.54, 1.807) is 0 Å². The third-order valence-corrected chi connectivity index (χ3v) is 13.0. The monoisotopic (exact) mass is 772 g/mol. The van der Waals surface area contributed by atoms with Gasteiger partial charge in [0.15, 0.2) is 0 Å². The largest absolute Gasteiger partial charge is 0.309 e. The molecule has 11 aromatic carbocycles. The Morgan fingerprint density at radius 1 is 0.311 bits per heavy atom. The lowest BCUT2D eigenvalue weighted by molar-refractivity contribution is 1.20. The number of aromatic nitrogens is 2. The van der Waals surface area contributed by atoms with Crippen LogP contribution in [-0.2, 0) is 0 Å². The number of pyridine rings is 1. The summed E-state index contributed by atoms with van der Waals surface area (Å²) in [6, 6.07) is 78.3. The van der Waals surface area contributed by atoms with Crippen LogP contribution in [0, 0.1) is 0 Å². The topological polar surface area (TPSA) is 17.8 Å². The lowest BCUT2D eigenvalue weighted by Crippen LogP contribution is -1.97. The van der Waals surface area contributed by atoms with Gasteiger partial charge in [0, 0.05) is 27.7 Å². The van der Waals surface area contributed by atoms with E-state index in [1.807, 2.05) is 12.3 Å². The zero-order valence-electron chi connectivity index (χ0n) is 33.2. The van der Waals surface area contributed by atoms with Gasteiger partial charge in [-0.3, -0.25) is 4.98 Å². The summed E-state index contributed by atoms with van der Waals surface area (Å²) in [7, 11) is 0. The third kappa shape index (κ3) is 5.06. The second kappa shape index (κ2) is 13.2. The van der Waals surface area contributed by atoms with Crippen LogP contribution >= 0.6 is 0 Å². The summed E-state index contributed by atoms with van der Waals surface area (Å²) in [5.74, 6) is 0. The molecule has 0 radical (unpaired) electrons. The van der Waals surface area contributed by atoms with Crippen LogP contribution in [0.25, 0.3) is 126 Å². The van der Waals surface area contributed by atoms with Gasteiger partial charge in [-0.2, -0.15) is 0 Å². The van der Waals surface area contributed by atoms with E-state index in [0.29, 0.717) is 0 Å². The van der Waals surface area contributed by atoms with Gasteiger partial charge in [-0.05, 0) is 124 Å². The molecule has 0 aliphatic heterocycles. The molecule has 0 aliphatic carbocycles. The summed E-state index contributed by atoms with van der Waals surface area (Å²) < 4.78 is 2.51. The van der Waals surface area contributed by atoms with Gasteiger partial charge in [0.25, 0.3) is 0 Å². The fraction of sp³-hybridized carbons (Fsp3) is 0. The van der Waals surface area contributed by atoms with E-state index in [9.17, 15) is 0 Å². The predicted molar refractivity (Wildman–Crippen MR) is 260 cm³/mol. The minimum absolute atomic E-state index is 1.00. The van der Waals surface area contributed by atoms with Crippen molar-refractivity contribution in [2.24, 2.45) is 0 Å². The van der Waals surface area contributed by atoms with Crippen molar-refractivity contribution in [1.29, 1.82) is 0 Å². The lowest BCUT2D eigenvalue weighted by atomic mass is 9.83. The van der Waals surface area contributed by atoms with Crippen LogP contribution in [0.5, 0.6) is 0 Å². The molecule has 0 amide bonds. The van der Waals surface area contributed by atoms with Crippen molar-refractivity contribution in [3.63, 3.8) is 0 Å². The molecule has 282 valence electrons. The Labute approximate surface area is 352 Å². The van der Waals surface area contributed by atoms with Gasteiger partial charge < -0.3 is 4.57 Å². The van der Waals surface area contributed by atoms with Crippen LogP contribution in [0.15, 0.2) is 219 Å². The first-order valence-corrected chi connectivity index (χ1v) is 21.0. The maximum Gasteiger partial charge on any atom is 0.0702 e. The maximum atomic E-state index is 4.60. The van der Waals surface area contributed by atoms with Crippen molar-refractivity contribution in [3.05, 3.63) is 219 Å². The van der Waals surface area contributed by atoms with E-state index in [4.69, 9.17) is 0 Å². The molecule has 2 heterocycles. The molecule has 0 fully saturated rings. The molecular weight excluding hydrogens is 737 g/mol. The fourth-order valence-corrected chi connectivity index (χ4v) is 10.3. The lowest BCUT2D eigenvalue weighted by Gasteiger charge is -2.21. The molecule has 13 aromatic rings. The number of benzene rings is 11. The van der Waals surface area contributed by atoms with E-state index >= 15 is 0 Å². The molecule has 2 heteroatoms. The fourth-order valence-electron chi connectivity index (χ4n) is 10.3. The van der Waals surface area contributed by atoms with Crippen LogP contribution < -0.4 is 0 Å². The first kappa shape index (κ1) is 33.9. The summed E-state index contributed by atoms with van der Waals surface area (Å²) >= 11 is 0. The highest BCUT2D eigenvalue weighted by Crippen LogP contribution is 2.48. The first-order valence-electron chi connectivity index (χ1n) is 21.0. The molecule has 0 saturated heterocycles. The molecule has 2 nitrogen and oxygen atoms in total. The quantitative estimate of drug-likeness (QED) is 0.163. The minimum Gasteiger partial charge on any atom is -0.309 e. The first-order chi connectivity index (χ1) is 30.3. The van der Waals surface area contributed by atoms with Gasteiger partial charge in [-0.25, -0.2) is 0 Å². The molecule has 0 N–H and O–H groups in total. The van der Waals surface area contributed by atoms with E-state index in [1.165, 1.54) is 115 Å². The predicted octanol–water partition coefficient (Wildman–Crippen LogP) is 16.1. The highest BCUT2D eigenvalue weighted by Gasteiger charge is 2.22. The second-order valence-corrected chi connectivity index (χ2v) is 16.2.